The van der Waals surface area contributed by atoms with E-state index in [1.165, 1.54) is 49.2 Å². The molecule has 0 radical (unpaired) electrons. The molecule has 2 heterocycles. The molecule has 1 N–H and O–H groups in total. The Balaban J connectivity index is 1.68. The van der Waals surface area contributed by atoms with Crippen molar-refractivity contribution in [3.63, 3.8) is 0 Å². The number of nitrogens with one attached hydrogen (secondary N) is 1. The van der Waals surface area contributed by atoms with E-state index in [1.807, 2.05) is 7.05 Å². The topological polar surface area (TPSA) is 24.5 Å². The van der Waals surface area contributed by atoms with Crippen LogP contribution in [0.4, 0.5) is 5.69 Å². The molecule has 3 nitrogen and oxygen atoms in total. The molecule has 1 aromatic rings. The summed E-state index contributed by atoms with van der Waals surface area (Å²) in [5.74, 6) is 0.810. The van der Waals surface area contributed by atoms with Crippen LogP contribution in [0.5, 0.6) is 0 Å². The summed E-state index contributed by atoms with van der Waals surface area (Å²) in [7, 11) is 2.04. The van der Waals surface area contributed by atoms with E-state index in [-0.39, 0.29) is 0 Å². The molecule has 1 saturated heterocycles. The SMILES string of the molecule is CNC(C)Cc1ccc2c(c1)N(CC1CCOCC1)CC2. The Hall–Kier alpha value is -1.06. The zero-order valence-corrected chi connectivity index (χ0v) is 13.4. The fourth-order valence-electron chi connectivity index (χ4n) is 3.50. The van der Waals surface area contributed by atoms with E-state index in [0.29, 0.717) is 6.04 Å². The third-order valence-corrected chi connectivity index (χ3v) is 5.00. The summed E-state index contributed by atoms with van der Waals surface area (Å²) in [6.45, 7) is 6.54. The Labute approximate surface area is 128 Å². The van der Waals surface area contributed by atoms with E-state index < -0.39 is 0 Å². The Kier molecular flexibility index (Phi) is 4.81. The number of hydrogen-bond donors (Lipinski definition) is 1. The van der Waals surface area contributed by atoms with Crippen molar-refractivity contribution in [2.24, 2.45) is 5.92 Å². The highest BCUT2D eigenvalue weighted by Crippen LogP contribution is 2.31. The summed E-state index contributed by atoms with van der Waals surface area (Å²) < 4.78 is 5.48. The van der Waals surface area contributed by atoms with Crippen LogP contribution >= 0.6 is 0 Å². The molecule has 0 saturated carbocycles. The third-order valence-electron chi connectivity index (χ3n) is 5.00. The Morgan fingerprint density at radius 1 is 1.33 bits per heavy atom. The Morgan fingerprint density at radius 3 is 2.90 bits per heavy atom. The number of anilines is 1. The second-order valence-electron chi connectivity index (χ2n) is 6.61. The molecule has 116 valence electrons. The van der Waals surface area contributed by atoms with Crippen LogP contribution < -0.4 is 10.2 Å². The maximum Gasteiger partial charge on any atom is 0.0469 e. The molecule has 0 spiro atoms. The lowest BCUT2D eigenvalue weighted by Crippen LogP contribution is -2.31. The van der Waals surface area contributed by atoms with Gasteiger partial charge in [0.25, 0.3) is 0 Å². The molecule has 1 atom stereocenters. The molecular formula is C18H28N2O. The average molecular weight is 288 g/mol. The highest BCUT2D eigenvalue weighted by molar-refractivity contribution is 5.59. The van der Waals surface area contributed by atoms with Crippen LogP contribution in [-0.4, -0.2) is 39.4 Å². The second-order valence-corrected chi connectivity index (χ2v) is 6.61. The van der Waals surface area contributed by atoms with Crippen molar-refractivity contribution in [1.82, 2.24) is 5.32 Å². The minimum Gasteiger partial charge on any atom is -0.381 e. The molecule has 1 aromatic carbocycles. The van der Waals surface area contributed by atoms with Crippen molar-refractivity contribution in [3.8, 4) is 0 Å². The fraction of sp³-hybridized carbons (Fsp3) is 0.667. The quantitative estimate of drug-likeness (QED) is 0.901. The van der Waals surface area contributed by atoms with Gasteiger partial charge >= 0.3 is 0 Å². The van der Waals surface area contributed by atoms with Crippen LogP contribution in [0.15, 0.2) is 18.2 Å². The molecule has 0 aliphatic carbocycles. The number of ether oxygens (including phenoxy) is 1. The minimum atomic E-state index is 0.536. The zero-order chi connectivity index (χ0) is 14.7. The maximum atomic E-state index is 5.48. The van der Waals surface area contributed by atoms with Crippen molar-refractivity contribution in [1.29, 1.82) is 0 Å². The first-order valence-electron chi connectivity index (χ1n) is 8.38. The minimum absolute atomic E-state index is 0.536. The van der Waals surface area contributed by atoms with E-state index in [9.17, 15) is 0 Å². The van der Waals surface area contributed by atoms with Crippen LogP contribution in [0, 0.1) is 5.92 Å². The van der Waals surface area contributed by atoms with E-state index >= 15 is 0 Å². The summed E-state index contributed by atoms with van der Waals surface area (Å²) >= 11 is 0. The van der Waals surface area contributed by atoms with Gasteiger partial charge in [0, 0.05) is 38.0 Å². The Morgan fingerprint density at radius 2 is 2.14 bits per heavy atom. The van der Waals surface area contributed by atoms with E-state index in [2.05, 4.69) is 35.3 Å². The molecule has 0 aromatic heterocycles. The molecule has 1 fully saturated rings. The normalized spacial score (nSPS) is 20.6. The highest BCUT2D eigenvalue weighted by Gasteiger charge is 2.23. The van der Waals surface area contributed by atoms with Crippen molar-refractivity contribution in [2.75, 3.05) is 38.3 Å². The van der Waals surface area contributed by atoms with Crippen LogP contribution in [0.3, 0.4) is 0 Å². The lowest BCUT2D eigenvalue weighted by atomic mass is 9.99. The third kappa shape index (κ3) is 3.58. The zero-order valence-electron chi connectivity index (χ0n) is 13.4. The molecular weight excluding hydrogens is 260 g/mol. The van der Waals surface area contributed by atoms with Gasteiger partial charge in [-0.1, -0.05) is 12.1 Å². The molecule has 3 heteroatoms. The molecule has 2 aliphatic rings. The van der Waals surface area contributed by atoms with Crippen molar-refractivity contribution >= 4 is 5.69 Å². The van der Waals surface area contributed by atoms with Gasteiger partial charge in [0.05, 0.1) is 0 Å². The van der Waals surface area contributed by atoms with Gasteiger partial charge in [-0.25, -0.2) is 0 Å². The molecule has 0 amide bonds. The van der Waals surface area contributed by atoms with Crippen molar-refractivity contribution in [3.05, 3.63) is 29.3 Å². The van der Waals surface area contributed by atoms with Gasteiger partial charge in [-0.15, -0.1) is 0 Å². The number of rotatable bonds is 5. The first kappa shape index (κ1) is 14.9. The van der Waals surface area contributed by atoms with Crippen LogP contribution in [0.2, 0.25) is 0 Å². The van der Waals surface area contributed by atoms with Gasteiger partial charge in [0.15, 0.2) is 0 Å². The van der Waals surface area contributed by atoms with E-state index in [1.54, 1.807) is 0 Å². The molecule has 2 aliphatic heterocycles. The van der Waals surface area contributed by atoms with Gasteiger partial charge in [-0.3, -0.25) is 0 Å². The number of benzene rings is 1. The molecule has 3 rings (SSSR count). The average Bonchev–Trinajstić information content (AvgIpc) is 2.91. The second kappa shape index (κ2) is 6.80. The van der Waals surface area contributed by atoms with Crippen LogP contribution in [-0.2, 0) is 17.6 Å². The van der Waals surface area contributed by atoms with Crippen molar-refractivity contribution < 1.29 is 4.74 Å². The molecule has 1 unspecified atom stereocenters. The standard InChI is InChI=1S/C18H28N2O/c1-14(19-2)11-16-3-4-17-5-8-20(18(17)12-16)13-15-6-9-21-10-7-15/h3-4,12,14-15,19H,5-11,13H2,1-2H3. The number of fused-ring (bicyclic) bond motifs is 1. The first-order valence-corrected chi connectivity index (χ1v) is 8.38. The van der Waals surface area contributed by atoms with E-state index in [0.717, 1.165) is 25.6 Å². The van der Waals surface area contributed by atoms with Gasteiger partial charge in [0.2, 0.25) is 0 Å². The highest BCUT2D eigenvalue weighted by atomic mass is 16.5. The van der Waals surface area contributed by atoms with Gasteiger partial charge in [-0.05, 0) is 62.8 Å². The number of hydrogen-bond acceptors (Lipinski definition) is 3. The molecule has 21 heavy (non-hydrogen) atoms. The smallest absolute Gasteiger partial charge is 0.0469 e. The predicted octanol–water partition coefficient (Wildman–Crippen LogP) is 2.63. The maximum absolute atomic E-state index is 5.48. The van der Waals surface area contributed by atoms with Gasteiger partial charge in [0.1, 0.15) is 0 Å². The summed E-state index contributed by atoms with van der Waals surface area (Å²) in [6, 6.07) is 7.62. The summed E-state index contributed by atoms with van der Waals surface area (Å²) in [4.78, 5) is 2.61. The summed E-state index contributed by atoms with van der Waals surface area (Å²) in [5, 5.41) is 3.33. The van der Waals surface area contributed by atoms with Crippen LogP contribution in [0.1, 0.15) is 30.9 Å². The lowest BCUT2D eigenvalue weighted by Gasteiger charge is -2.29. The first-order chi connectivity index (χ1) is 10.3. The van der Waals surface area contributed by atoms with Crippen LogP contribution in [0.25, 0.3) is 0 Å². The van der Waals surface area contributed by atoms with Gasteiger partial charge < -0.3 is 15.0 Å². The van der Waals surface area contributed by atoms with Gasteiger partial charge in [-0.2, -0.15) is 0 Å². The lowest BCUT2D eigenvalue weighted by molar-refractivity contribution is 0.0683. The summed E-state index contributed by atoms with van der Waals surface area (Å²) in [5.41, 5.74) is 4.47. The number of likely N-dealkylation sites (N-methyl/N-ethyl adjacent to an activating group) is 1. The van der Waals surface area contributed by atoms with Crippen molar-refractivity contribution in [2.45, 2.75) is 38.6 Å². The monoisotopic (exact) mass is 288 g/mol. The molecule has 0 bridgehead atoms. The number of nitrogens with zero attached hydrogens (tertiary/aromatic N) is 1. The summed E-state index contributed by atoms with van der Waals surface area (Å²) in [6.07, 6.45) is 4.76. The Bertz CT molecular complexity index is 468. The largest absolute Gasteiger partial charge is 0.381 e. The fourth-order valence-corrected chi connectivity index (χ4v) is 3.50. The van der Waals surface area contributed by atoms with E-state index in [4.69, 9.17) is 4.74 Å². The predicted molar refractivity (Wildman–Crippen MR) is 88.1 cm³/mol.